The molecule has 4 heteroatoms. The number of hydrogen-bond donors (Lipinski definition) is 2. The molecule has 0 aromatic heterocycles. The molecule has 0 atom stereocenters. The van der Waals surface area contributed by atoms with E-state index in [-0.39, 0.29) is 5.78 Å². The van der Waals surface area contributed by atoms with Crippen LogP contribution in [0.5, 0.6) is 0 Å². The minimum atomic E-state index is -1.01. The van der Waals surface area contributed by atoms with E-state index >= 15 is 0 Å². The largest absolute Gasteiger partial charge is 0.387 e. The van der Waals surface area contributed by atoms with Crippen molar-refractivity contribution in [1.29, 1.82) is 0 Å². The lowest BCUT2D eigenvalue weighted by Gasteiger charge is -2.31. The normalized spacial score (nSPS) is 12.2. The van der Waals surface area contributed by atoms with Crippen LogP contribution >= 0.6 is 0 Å². The van der Waals surface area contributed by atoms with Gasteiger partial charge in [0.25, 0.3) is 0 Å². The molecule has 0 amide bonds. The Morgan fingerprint density at radius 1 is 1.14 bits per heavy atom. The second-order valence-corrected chi connectivity index (χ2v) is 4.09. The van der Waals surface area contributed by atoms with Gasteiger partial charge in [0, 0.05) is 0 Å². The summed E-state index contributed by atoms with van der Waals surface area (Å²) in [5.74, 6) is 1.21. The first kappa shape index (κ1) is 15.8. The molecule has 0 spiro atoms. The van der Waals surface area contributed by atoms with Crippen LogP contribution < -0.4 is 0 Å². The maximum absolute atomic E-state index is 9.88. The first-order valence-corrected chi connectivity index (χ1v) is 4.36. The van der Waals surface area contributed by atoms with E-state index in [4.69, 9.17) is 18.1 Å². The van der Waals surface area contributed by atoms with Crippen LogP contribution in [0.2, 0.25) is 0 Å². The number of rotatable bonds is 2. The molecule has 14 heavy (non-hydrogen) atoms. The summed E-state index contributed by atoms with van der Waals surface area (Å²) in [5.41, 5.74) is -2.01. The van der Waals surface area contributed by atoms with Crippen LogP contribution in [0.25, 0.3) is 0 Å². The summed E-state index contributed by atoms with van der Waals surface area (Å²) in [6, 6.07) is 0. The molecule has 0 aromatic carbocycles. The van der Waals surface area contributed by atoms with E-state index < -0.39 is 11.2 Å². The maximum atomic E-state index is 9.88. The Balaban J connectivity index is 0. The molecule has 0 aliphatic carbocycles. The van der Waals surface area contributed by atoms with Crippen molar-refractivity contribution in [1.82, 2.24) is 0 Å². The van der Waals surface area contributed by atoms with Gasteiger partial charge < -0.3 is 10.2 Å². The van der Waals surface area contributed by atoms with Crippen molar-refractivity contribution in [3.05, 3.63) is 12.1 Å². The zero-order valence-electron chi connectivity index (χ0n) is 9.53. The lowest BCUT2D eigenvalue weighted by molar-refractivity contribution is -0.112. The summed E-state index contributed by atoms with van der Waals surface area (Å²) in [6.07, 6.45) is 1.31. The summed E-state index contributed by atoms with van der Waals surface area (Å²) in [4.78, 5) is 9.88. The highest BCUT2D eigenvalue weighted by Gasteiger charge is 2.31. The molecular formula is C10H19BO3. The number of carbonyl (C=O) groups is 1. The topological polar surface area (TPSA) is 57.5 Å². The van der Waals surface area contributed by atoms with Crippen molar-refractivity contribution in [2.75, 3.05) is 0 Å². The molecule has 2 N–H and O–H groups in total. The third kappa shape index (κ3) is 9.48. The number of allylic oxidation sites excluding steroid dienone is 1. The van der Waals surface area contributed by atoms with Gasteiger partial charge in [-0.05, 0) is 40.7 Å². The molecule has 3 nitrogen and oxygen atoms in total. The van der Waals surface area contributed by atoms with Crippen LogP contribution in [0.4, 0.5) is 0 Å². The van der Waals surface area contributed by atoms with Crippen molar-refractivity contribution < 1.29 is 15.0 Å². The van der Waals surface area contributed by atoms with Gasteiger partial charge >= 0.3 is 0 Å². The van der Waals surface area contributed by atoms with E-state index in [1.807, 2.05) is 0 Å². The SMILES string of the molecule is CC(C)(O)C(C)(C)O.[B]/C=C/C(C)=O. The molecule has 0 aromatic rings. The maximum Gasteiger partial charge on any atom is 0.151 e. The van der Waals surface area contributed by atoms with Crippen LogP contribution in [0.1, 0.15) is 34.6 Å². The molecule has 2 radical (unpaired) electrons. The van der Waals surface area contributed by atoms with Gasteiger partial charge in [-0.1, -0.05) is 0 Å². The highest BCUT2D eigenvalue weighted by Crippen LogP contribution is 2.19. The zero-order valence-corrected chi connectivity index (χ0v) is 9.53. The molecule has 0 saturated carbocycles. The molecule has 0 heterocycles. The number of ketones is 1. The molecule has 0 aliphatic rings. The van der Waals surface area contributed by atoms with Crippen molar-refractivity contribution in [3.63, 3.8) is 0 Å². The molecule has 0 fully saturated rings. The fourth-order valence-corrected chi connectivity index (χ4v) is 0.136. The molecule has 0 saturated heterocycles. The predicted molar refractivity (Wildman–Crippen MR) is 58.2 cm³/mol. The first-order chi connectivity index (χ1) is 6.02. The first-order valence-electron chi connectivity index (χ1n) is 4.36. The van der Waals surface area contributed by atoms with Gasteiger partial charge in [-0.15, -0.1) is 5.98 Å². The quantitative estimate of drug-likeness (QED) is 0.509. The summed E-state index contributed by atoms with van der Waals surface area (Å²) < 4.78 is 0. The molecular weight excluding hydrogens is 179 g/mol. The van der Waals surface area contributed by atoms with Crippen molar-refractivity contribution in [2.24, 2.45) is 0 Å². The van der Waals surface area contributed by atoms with Crippen LogP contribution in [-0.2, 0) is 4.79 Å². The van der Waals surface area contributed by atoms with Gasteiger partial charge in [0.15, 0.2) is 5.78 Å². The fraction of sp³-hybridized carbons (Fsp3) is 0.700. The number of hydrogen-bond acceptors (Lipinski definition) is 3. The molecule has 0 bridgehead atoms. The van der Waals surface area contributed by atoms with Gasteiger partial charge in [-0.2, -0.15) is 0 Å². The molecule has 0 rings (SSSR count). The minimum Gasteiger partial charge on any atom is -0.387 e. The van der Waals surface area contributed by atoms with Crippen molar-refractivity contribution in [2.45, 2.75) is 45.8 Å². The second kappa shape index (κ2) is 5.99. The average Bonchev–Trinajstić information content (AvgIpc) is 1.82. The summed E-state index contributed by atoms with van der Waals surface area (Å²) in [7, 11) is 4.83. The standard InChI is InChI=1S/C6H14O2.C4H5BO/c1-5(2,7)6(3,4)8;1-4(6)2-3-5/h7-8H,1-4H3;2-3H,1H3/b;3-2+. The van der Waals surface area contributed by atoms with Gasteiger partial charge in [-0.25, -0.2) is 0 Å². The van der Waals surface area contributed by atoms with Gasteiger partial charge in [0.1, 0.15) is 7.85 Å². The Morgan fingerprint density at radius 3 is 1.43 bits per heavy atom. The van der Waals surface area contributed by atoms with Crippen LogP contribution in [0, 0.1) is 0 Å². The number of carbonyl (C=O) groups excluding carboxylic acids is 1. The third-order valence-corrected chi connectivity index (χ3v) is 1.83. The van der Waals surface area contributed by atoms with Crippen LogP contribution in [-0.4, -0.2) is 35.0 Å². The fourth-order valence-electron chi connectivity index (χ4n) is 0.136. The third-order valence-electron chi connectivity index (χ3n) is 1.83. The highest BCUT2D eigenvalue weighted by molar-refractivity contribution is 6.18. The van der Waals surface area contributed by atoms with Gasteiger partial charge in [0.05, 0.1) is 11.2 Å². The molecule has 80 valence electrons. The molecule has 0 unspecified atom stereocenters. The van der Waals surface area contributed by atoms with E-state index in [2.05, 4.69) is 0 Å². The summed E-state index contributed by atoms with van der Waals surface area (Å²) in [6.45, 7) is 7.75. The lowest BCUT2D eigenvalue weighted by atomic mass is 9.90. The van der Waals surface area contributed by atoms with Gasteiger partial charge in [0.2, 0.25) is 0 Å². The van der Waals surface area contributed by atoms with E-state index in [0.717, 1.165) is 0 Å². The van der Waals surface area contributed by atoms with E-state index in [0.29, 0.717) is 0 Å². The molecule has 0 aliphatic heterocycles. The van der Waals surface area contributed by atoms with Crippen molar-refractivity contribution in [3.8, 4) is 0 Å². The van der Waals surface area contributed by atoms with E-state index in [9.17, 15) is 4.79 Å². The van der Waals surface area contributed by atoms with Crippen molar-refractivity contribution >= 4 is 13.6 Å². The predicted octanol–water partition coefficient (Wildman–Crippen LogP) is 0.786. The lowest BCUT2D eigenvalue weighted by Crippen LogP contribution is -2.44. The highest BCUT2D eigenvalue weighted by atomic mass is 16.3. The Hall–Kier alpha value is -0.605. The monoisotopic (exact) mass is 198 g/mol. The van der Waals surface area contributed by atoms with Crippen LogP contribution in [0.15, 0.2) is 12.1 Å². The van der Waals surface area contributed by atoms with E-state index in [1.54, 1.807) is 27.7 Å². The summed E-state index contributed by atoms with van der Waals surface area (Å²) >= 11 is 0. The Bertz CT molecular complexity index is 184. The minimum absolute atomic E-state index is 0.0162. The number of aliphatic hydroxyl groups is 2. The summed E-state index contributed by atoms with van der Waals surface area (Å²) in [5, 5.41) is 18.2. The Morgan fingerprint density at radius 2 is 1.43 bits per heavy atom. The van der Waals surface area contributed by atoms with E-state index in [1.165, 1.54) is 19.0 Å². The smallest absolute Gasteiger partial charge is 0.151 e. The van der Waals surface area contributed by atoms with Crippen LogP contribution in [0.3, 0.4) is 0 Å². The average molecular weight is 198 g/mol. The Labute approximate surface area is 87.2 Å². The Kier molecular flexibility index (Phi) is 6.78. The van der Waals surface area contributed by atoms with Gasteiger partial charge in [-0.3, -0.25) is 4.79 Å². The zero-order chi connectivity index (χ0) is 12.0. The second-order valence-electron chi connectivity index (χ2n) is 4.09.